The minimum absolute atomic E-state index is 0.0148. The Morgan fingerprint density at radius 1 is 1.24 bits per heavy atom. The van der Waals surface area contributed by atoms with Gasteiger partial charge in [0.05, 0.1) is 14.2 Å². The maximum absolute atomic E-state index is 12.4. The van der Waals surface area contributed by atoms with Gasteiger partial charge in [-0.2, -0.15) is 13.2 Å². The Bertz CT molecular complexity index is 407. The highest BCUT2D eigenvalue weighted by molar-refractivity contribution is 6.30. The molecule has 0 aliphatic rings. The molecule has 0 radical (unpaired) electrons. The lowest BCUT2D eigenvalue weighted by Gasteiger charge is -2.19. The molecule has 1 rings (SSSR count). The molecule has 0 heterocycles. The molecule has 1 atom stereocenters. The van der Waals surface area contributed by atoms with Crippen molar-refractivity contribution in [3.63, 3.8) is 0 Å². The molecule has 1 N–H and O–H groups in total. The number of alkyl halides is 3. The fraction of sp³-hybridized carbons (Fsp3) is 0.400. The van der Waals surface area contributed by atoms with Crippen molar-refractivity contribution < 1.29 is 27.8 Å². The van der Waals surface area contributed by atoms with Gasteiger partial charge in [-0.1, -0.05) is 11.6 Å². The molecule has 0 aliphatic heterocycles. The summed E-state index contributed by atoms with van der Waals surface area (Å²) < 4.78 is 46.9. The summed E-state index contributed by atoms with van der Waals surface area (Å²) in [5, 5.41) is 9.21. The molecule has 0 fully saturated rings. The normalized spacial score (nSPS) is 13.4. The van der Waals surface area contributed by atoms with E-state index in [-0.39, 0.29) is 16.5 Å². The standard InChI is InChI=1S/C10H10ClF3O3/c1-16-7-4-5(11)3-6(8(7)17-2)9(15)10(12,13)14/h3-4,9,15H,1-2H3/t9-/m0/s1. The summed E-state index contributed by atoms with van der Waals surface area (Å²) in [5.74, 6) is -0.167. The second-order valence-corrected chi connectivity index (χ2v) is 3.61. The number of ether oxygens (including phenoxy) is 2. The van der Waals surface area contributed by atoms with Crippen LogP contribution in [0.1, 0.15) is 11.7 Å². The van der Waals surface area contributed by atoms with E-state index >= 15 is 0 Å². The molecule has 0 saturated heterocycles. The zero-order valence-corrected chi connectivity index (χ0v) is 9.76. The third-order valence-electron chi connectivity index (χ3n) is 2.08. The van der Waals surface area contributed by atoms with Gasteiger partial charge in [-0.25, -0.2) is 0 Å². The van der Waals surface area contributed by atoms with Crippen LogP contribution >= 0.6 is 11.6 Å². The molecule has 0 saturated carbocycles. The van der Waals surface area contributed by atoms with Crippen LogP contribution in [0.15, 0.2) is 12.1 Å². The number of rotatable bonds is 3. The molecule has 1 aromatic carbocycles. The second-order valence-electron chi connectivity index (χ2n) is 3.17. The van der Waals surface area contributed by atoms with E-state index in [4.69, 9.17) is 21.1 Å². The van der Waals surface area contributed by atoms with Gasteiger partial charge in [-0.15, -0.1) is 0 Å². The van der Waals surface area contributed by atoms with E-state index in [1.54, 1.807) is 0 Å². The van der Waals surface area contributed by atoms with Gasteiger partial charge in [-0.05, 0) is 6.07 Å². The highest BCUT2D eigenvalue weighted by Gasteiger charge is 2.41. The van der Waals surface area contributed by atoms with E-state index in [9.17, 15) is 18.3 Å². The molecule has 96 valence electrons. The average Bonchev–Trinajstić information content (AvgIpc) is 2.25. The zero-order valence-electron chi connectivity index (χ0n) is 9.01. The van der Waals surface area contributed by atoms with Crippen LogP contribution in [-0.2, 0) is 0 Å². The fourth-order valence-electron chi connectivity index (χ4n) is 1.34. The lowest BCUT2D eigenvalue weighted by molar-refractivity contribution is -0.207. The quantitative estimate of drug-likeness (QED) is 0.918. The maximum Gasteiger partial charge on any atom is 0.418 e. The van der Waals surface area contributed by atoms with Crippen LogP contribution in [0, 0.1) is 0 Å². The van der Waals surface area contributed by atoms with Crippen molar-refractivity contribution in [3.8, 4) is 11.5 Å². The molecular weight excluding hydrogens is 261 g/mol. The minimum atomic E-state index is -4.80. The summed E-state index contributed by atoms with van der Waals surface area (Å²) in [7, 11) is 2.44. The Balaban J connectivity index is 3.36. The Morgan fingerprint density at radius 2 is 1.82 bits per heavy atom. The van der Waals surface area contributed by atoms with Crippen molar-refractivity contribution in [2.24, 2.45) is 0 Å². The van der Waals surface area contributed by atoms with Crippen LogP contribution in [0.3, 0.4) is 0 Å². The van der Waals surface area contributed by atoms with Crippen molar-refractivity contribution in [1.29, 1.82) is 0 Å². The topological polar surface area (TPSA) is 38.7 Å². The van der Waals surface area contributed by atoms with Gasteiger partial charge in [0.2, 0.25) is 0 Å². The van der Waals surface area contributed by atoms with Crippen LogP contribution < -0.4 is 9.47 Å². The molecule has 0 amide bonds. The molecular formula is C10H10ClF3O3. The SMILES string of the molecule is COc1cc(Cl)cc([C@H](O)C(F)(F)F)c1OC. The Labute approximate surface area is 101 Å². The molecule has 7 heteroatoms. The van der Waals surface area contributed by atoms with Crippen molar-refractivity contribution in [1.82, 2.24) is 0 Å². The molecule has 1 aromatic rings. The van der Waals surface area contributed by atoms with Crippen LogP contribution in [0.25, 0.3) is 0 Å². The predicted molar refractivity (Wildman–Crippen MR) is 55.6 cm³/mol. The number of benzene rings is 1. The Hall–Kier alpha value is -1.14. The Kier molecular flexibility index (Phi) is 4.11. The number of methoxy groups -OCH3 is 2. The van der Waals surface area contributed by atoms with Crippen LogP contribution in [-0.4, -0.2) is 25.5 Å². The van der Waals surface area contributed by atoms with E-state index < -0.39 is 17.8 Å². The van der Waals surface area contributed by atoms with Crippen LogP contribution in [0.4, 0.5) is 13.2 Å². The minimum Gasteiger partial charge on any atom is -0.493 e. The smallest absolute Gasteiger partial charge is 0.418 e. The van der Waals surface area contributed by atoms with E-state index in [1.807, 2.05) is 0 Å². The van der Waals surface area contributed by atoms with E-state index in [0.29, 0.717) is 0 Å². The number of aliphatic hydroxyl groups excluding tert-OH is 1. The van der Waals surface area contributed by atoms with Gasteiger partial charge in [0, 0.05) is 16.7 Å². The number of halogens is 4. The molecule has 0 aliphatic carbocycles. The third-order valence-corrected chi connectivity index (χ3v) is 2.30. The average molecular weight is 271 g/mol. The largest absolute Gasteiger partial charge is 0.493 e. The summed E-state index contributed by atoms with van der Waals surface area (Å²) in [6, 6.07) is 2.29. The summed E-state index contributed by atoms with van der Waals surface area (Å²) >= 11 is 5.64. The summed E-state index contributed by atoms with van der Waals surface area (Å²) in [5.41, 5.74) is -0.482. The molecule has 3 nitrogen and oxygen atoms in total. The van der Waals surface area contributed by atoms with Gasteiger partial charge in [0.1, 0.15) is 0 Å². The van der Waals surface area contributed by atoms with Gasteiger partial charge >= 0.3 is 6.18 Å². The Morgan fingerprint density at radius 3 is 2.24 bits per heavy atom. The molecule has 17 heavy (non-hydrogen) atoms. The van der Waals surface area contributed by atoms with Gasteiger partial charge in [0.15, 0.2) is 17.6 Å². The van der Waals surface area contributed by atoms with Crippen LogP contribution in [0.5, 0.6) is 11.5 Å². The zero-order chi connectivity index (χ0) is 13.2. The molecule has 0 bridgehead atoms. The number of aliphatic hydroxyl groups is 1. The van der Waals surface area contributed by atoms with E-state index in [2.05, 4.69) is 0 Å². The van der Waals surface area contributed by atoms with Gasteiger partial charge in [0.25, 0.3) is 0 Å². The van der Waals surface area contributed by atoms with Gasteiger partial charge < -0.3 is 14.6 Å². The molecule has 0 aromatic heterocycles. The van der Waals surface area contributed by atoms with Crippen molar-refractivity contribution in [2.75, 3.05) is 14.2 Å². The first-order valence-corrected chi connectivity index (χ1v) is 4.85. The molecule has 0 spiro atoms. The van der Waals surface area contributed by atoms with Crippen molar-refractivity contribution in [3.05, 3.63) is 22.7 Å². The lowest BCUT2D eigenvalue weighted by atomic mass is 10.1. The first-order chi connectivity index (χ1) is 7.81. The van der Waals surface area contributed by atoms with Crippen LogP contribution in [0.2, 0.25) is 5.02 Å². The first kappa shape index (κ1) is 13.9. The monoisotopic (exact) mass is 270 g/mol. The highest BCUT2D eigenvalue weighted by Crippen LogP contribution is 2.43. The number of hydrogen-bond acceptors (Lipinski definition) is 3. The fourth-order valence-corrected chi connectivity index (χ4v) is 1.55. The van der Waals surface area contributed by atoms with Crippen molar-refractivity contribution >= 4 is 11.6 Å². The maximum atomic E-state index is 12.4. The summed E-state index contributed by atoms with van der Waals surface area (Å²) in [4.78, 5) is 0. The first-order valence-electron chi connectivity index (χ1n) is 4.47. The van der Waals surface area contributed by atoms with E-state index in [0.717, 1.165) is 6.07 Å². The van der Waals surface area contributed by atoms with E-state index in [1.165, 1.54) is 20.3 Å². The second kappa shape index (κ2) is 5.01. The summed E-state index contributed by atoms with van der Waals surface area (Å²) in [6.07, 6.45) is -7.48. The molecule has 0 unspecified atom stereocenters. The summed E-state index contributed by atoms with van der Waals surface area (Å²) in [6.45, 7) is 0. The predicted octanol–water partition coefficient (Wildman–Crippen LogP) is 2.95. The van der Waals surface area contributed by atoms with Gasteiger partial charge in [-0.3, -0.25) is 0 Å². The number of hydrogen-bond donors (Lipinski definition) is 1. The lowest BCUT2D eigenvalue weighted by Crippen LogP contribution is -2.21. The van der Waals surface area contributed by atoms with Crippen molar-refractivity contribution in [2.45, 2.75) is 12.3 Å². The highest BCUT2D eigenvalue weighted by atomic mass is 35.5. The third kappa shape index (κ3) is 2.95.